The minimum absolute atomic E-state index is 0.0980. The van der Waals surface area contributed by atoms with Crippen molar-refractivity contribution in [3.05, 3.63) is 71.3 Å². The second kappa shape index (κ2) is 7.44. The van der Waals surface area contributed by atoms with Gasteiger partial charge in [0.15, 0.2) is 5.82 Å². The lowest BCUT2D eigenvalue weighted by Gasteiger charge is -2.26. The fourth-order valence-corrected chi connectivity index (χ4v) is 3.94. The van der Waals surface area contributed by atoms with Gasteiger partial charge in [0.1, 0.15) is 5.82 Å². The fourth-order valence-electron chi connectivity index (χ4n) is 3.56. The van der Waals surface area contributed by atoms with Gasteiger partial charge in [-0.1, -0.05) is 48.5 Å². The standard InChI is InChI=1S/C20H21N5OS/c1-25(20(26)21-11-17-22-18(12-27-2)24-23-17)19-15-9-5-3-7-13(15)14-8-4-6-10-16(14)19/h3-10,19H,11-12H2,1-2H3,(H,21,26)(H,22,23,24). The number of hydrogen-bond donors (Lipinski definition) is 2. The Balaban J connectivity index is 1.51. The lowest BCUT2D eigenvalue weighted by molar-refractivity contribution is 0.198. The van der Waals surface area contributed by atoms with Gasteiger partial charge in [-0.25, -0.2) is 9.78 Å². The van der Waals surface area contributed by atoms with Crippen molar-refractivity contribution in [2.75, 3.05) is 13.3 Å². The summed E-state index contributed by atoms with van der Waals surface area (Å²) in [6.07, 6.45) is 2.00. The summed E-state index contributed by atoms with van der Waals surface area (Å²) in [4.78, 5) is 18.9. The molecule has 0 spiro atoms. The Kier molecular flexibility index (Phi) is 4.85. The van der Waals surface area contributed by atoms with Crippen molar-refractivity contribution >= 4 is 17.8 Å². The van der Waals surface area contributed by atoms with E-state index in [4.69, 9.17) is 0 Å². The van der Waals surface area contributed by atoms with Crippen molar-refractivity contribution in [3.63, 3.8) is 0 Å². The van der Waals surface area contributed by atoms with E-state index in [1.807, 2.05) is 37.6 Å². The van der Waals surface area contributed by atoms with Gasteiger partial charge in [0.2, 0.25) is 0 Å². The highest BCUT2D eigenvalue weighted by molar-refractivity contribution is 7.97. The Morgan fingerprint density at radius 1 is 1.15 bits per heavy atom. The van der Waals surface area contributed by atoms with Gasteiger partial charge < -0.3 is 10.2 Å². The first-order chi connectivity index (χ1) is 13.2. The Hall–Kier alpha value is -2.80. The number of fused-ring (bicyclic) bond motifs is 3. The van der Waals surface area contributed by atoms with Crippen LogP contribution in [0.3, 0.4) is 0 Å². The molecular weight excluding hydrogens is 358 g/mol. The summed E-state index contributed by atoms with van der Waals surface area (Å²) in [6.45, 7) is 0.320. The zero-order chi connectivity index (χ0) is 18.8. The van der Waals surface area contributed by atoms with Gasteiger partial charge in [-0.2, -0.15) is 16.9 Å². The maximum Gasteiger partial charge on any atom is 0.318 e. The van der Waals surface area contributed by atoms with Crippen LogP contribution in [0.2, 0.25) is 0 Å². The van der Waals surface area contributed by atoms with E-state index in [1.165, 1.54) is 11.1 Å². The lowest BCUT2D eigenvalue weighted by Crippen LogP contribution is -2.39. The first-order valence-electron chi connectivity index (χ1n) is 8.77. The largest absolute Gasteiger partial charge is 0.331 e. The summed E-state index contributed by atoms with van der Waals surface area (Å²) >= 11 is 1.66. The van der Waals surface area contributed by atoms with Crippen LogP contribution in [0.25, 0.3) is 11.1 Å². The fraction of sp³-hybridized carbons (Fsp3) is 0.250. The van der Waals surface area contributed by atoms with E-state index in [9.17, 15) is 4.79 Å². The molecule has 1 aliphatic carbocycles. The molecule has 1 aromatic heterocycles. The average Bonchev–Trinajstić information content (AvgIpc) is 3.28. The third-order valence-electron chi connectivity index (χ3n) is 4.77. The summed E-state index contributed by atoms with van der Waals surface area (Å²) < 4.78 is 0. The van der Waals surface area contributed by atoms with Crippen molar-refractivity contribution < 1.29 is 4.79 Å². The van der Waals surface area contributed by atoms with Crippen LogP contribution >= 0.6 is 11.8 Å². The molecule has 6 nitrogen and oxygen atoms in total. The predicted octanol–water partition coefficient (Wildman–Crippen LogP) is 3.58. The van der Waals surface area contributed by atoms with Gasteiger partial charge in [-0.3, -0.25) is 5.10 Å². The van der Waals surface area contributed by atoms with Crippen molar-refractivity contribution in [3.8, 4) is 11.1 Å². The number of carbonyl (C=O) groups is 1. The number of aromatic amines is 1. The molecule has 138 valence electrons. The minimum Gasteiger partial charge on any atom is -0.331 e. The number of nitrogens with zero attached hydrogens (tertiary/aromatic N) is 3. The number of rotatable bonds is 5. The molecule has 3 aromatic rings. The van der Waals surface area contributed by atoms with Crippen LogP contribution < -0.4 is 5.32 Å². The lowest BCUT2D eigenvalue weighted by atomic mass is 10.0. The van der Waals surface area contributed by atoms with E-state index in [0.29, 0.717) is 12.4 Å². The monoisotopic (exact) mass is 379 g/mol. The van der Waals surface area contributed by atoms with Crippen LogP contribution in [0.15, 0.2) is 48.5 Å². The predicted molar refractivity (Wildman–Crippen MR) is 107 cm³/mol. The number of nitrogens with one attached hydrogen (secondary N) is 2. The van der Waals surface area contributed by atoms with Crippen LogP contribution in [0, 0.1) is 0 Å². The van der Waals surface area contributed by atoms with Crippen molar-refractivity contribution in [2.24, 2.45) is 0 Å². The first-order valence-corrected chi connectivity index (χ1v) is 10.2. The number of urea groups is 1. The second-order valence-electron chi connectivity index (χ2n) is 6.48. The Labute approximate surface area is 162 Å². The number of benzene rings is 2. The quantitative estimate of drug-likeness (QED) is 0.711. The summed E-state index contributed by atoms with van der Waals surface area (Å²) in [7, 11) is 1.83. The van der Waals surface area contributed by atoms with E-state index in [0.717, 1.165) is 22.7 Å². The third kappa shape index (κ3) is 3.30. The molecule has 1 heterocycles. The van der Waals surface area contributed by atoms with Crippen molar-refractivity contribution in [1.82, 2.24) is 25.4 Å². The number of thioether (sulfide) groups is 1. The molecule has 0 fully saturated rings. The van der Waals surface area contributed by atoms with Gasteiger partial charge in [-0.05, 0) is 28.5 Å². The van der Waals surface area contributed by atoms with E-state index >= 15 is 0 Å². The van der Waals surface area contributed by atoms with Crippen LogP contribution in [0.5, 0.6) is 0 Å². The maximum atomic E-state index is 12.8. The molecular formula is C20H21N5OS. The maximum absolute atomic E-state index is 12.8. The zero-order valence-electron chi connectivity index (χ0n) is 15.3. The number of hydrogen-bond acceptors (Lipinski definition) is 4. The summed E-state index contributed by atoms with van der Waals surface area (Å²) in [5, 5.41) is 9.96. The van der Waals surface area contributed by atoms with E-state index < -0.39 is 0 Å². The van der Waals surface area contributed by atoms with Crippen molar-refractivity contribution in [2.45, 2.75) is 18.3 Å². The van der Waals surface area contributed by atoms with Crippen LogP contribution in [-0.4, -0.2) is 39.4 Å². The minimum atomic E-state index is -0.144. The normalized spacial score (nSPS) is 12.5. The summed E-state index contributed by atoms with van der Waals surface area (Å²) in [5.41, 5.74) is 4.68. The highest BCUT2D eigenvalue weighted by Crippen LogP contribution is 2.45. The topological polar surface area (TPSA) is 73.9 Å². The Morgan fingerprint density at radius 2 is 1.78 bits per heavy atom. The zero-order valence-corrected chi connectivity index (χ0v) is 16.1. The van der Waals surface area contributed by atoms with Crippen LogP contribution in [0.4, 0.5) is 4.79 Å². The molecule has 0 radical (unpaired) electrons. The molecule has 1 aliphatic rings. The molecule has 0 saturated heterocycles. The summed E-state index contributed by atoms with van der Waals surface area (Å²) in [6, 6.07) is 16.3. The second-order valence-corrected chi connectivity index (χ2v) is 7.34. The highest BCUT2D eigenvalue weighted by Gasteiger charge is 2.33. The highest BCUT2D eigenvalue weighted by atomic mass is 32.2. The molecule has 0 atom stereocenters. The van der Waals surface area contributed by atoms with E-state index in [1.54, 1.807) is 16.7 Å². The Morgan fingerprint density at radius 3 is 2.41 bits per heavy atom. The summed E-state index contributed by atoms with van der Waals surface area (Å²) in [5.74, 6) is 2.16. The van der Waals surface area contributed by atoms with Crippen LogP contribution in [-0.2, 0) is 12.3 Å². The first kappa shape index (κ1) is 17.6. The molecule has 2 aromatic carbocycles. The van der Waals surface area contributed by atoms with Gasteiger partial charge >= 0.3 is 6.03 Å². The number of amides is 2. The van der Waals surface area contributed by atoms with Crippen LogP contribution in [0.1, 0.15) is 28.8 Å². The average molecular weight is 379 g/mol. The molecule has 4 rings (SSSR count). The molecule has 0 unspecified atom stereocenters. The Bertz CT molecular complexity index is 925. The number of carbonyl (C=O) groups excluding carboxylic acids is 1. The molecule has 27 heavy (non-hydrogen) atoms. The molecule has 0 aliphatic heterocycles. The van der Waals surface area contributed by atoms with Gasteiger partial charge in [0, 0.05) is 7.05 Å². The smallest absolute Gasteiger partial charge is 0.318 e. The third-order valence-corrected chi connectivity index (χ3v) is 5.31. The number of aromatic nitrogens is 3. The molecule has 7 heteroatoms. The number of H-pyrrole nitrogens is 1. The van der Waals surface area contributed by atoms with Gasteiger partial charge in [0.05, 0.1) is 18.3 Å². The molecule has 2 amide bonds. The van der Waals surface area contributed by atoms with Crippen molar-refractivity contribution in [1.29, 1.82) is 0 Å². The SMILES string of the molecule is CSCc1n[nH]c(CNC(=O)N(C)C2c3ccccc3-c3ccccc32)n1. The molecule has 0 bridgehead atoms. The van der Waals surface area contributed by atoms with Gasteiger partial charge in [0.25, 0.3) is 0 Å². The molecule has 2 N–H and O–H groups in total. The van der Waals surface area contributed by atoms with E-state index in [2.05, 4.69) is 44.8 Å². The molecule has 0 saturated carbocycles. The van der Waals surface area contributed by atoms with Gasteiger partial charge in [-0.15, -0.1) is 0 Å². The van der Waals surface area contributed by atoms with E-state index in [-0.39, 0.29) is 12.1 Å².